The zero-order valence-corrected chi connectivity index (χ0v) is 17.7. The van der Waals surface area contributed by atoms with Gasteiger partial charge in [-0.25, -0.2) is 9.37 Å². The van der Waals surface area contributed by atoms with Gasteiger partial charge in [0.05, 0.1) is 23.1 Å². The third-order valence-corrected chi connectivity index (χ3v) is 7.12. The van der Waals surface area contributed by atoms with Crippen molar-refractivity contribution < 1.29 is 8.78 Å². The molecule has 3 fully saturated rings. The summed E-state index contributed by atoms with van der Waals surface area (Å²) in [6, 6.07) is 3.87. The first-order valence-electron chi connectivity index (χ1n) is 10.9. The molecule has 2 aromatic rings. The highest BCUT2D eigenvalue weighted by Gasteiger charge is 2.48. The predicted molar refractivity (Wildman–Crippen MR) is 113 cm³/mol. The second kappa shape index (κ2) is 7.54. The summed E-state index contributed by atoms with van der Waals surface area (Å²) in [6.45, 7) is 7.81. The first-order valence-corrected chi connectivity index (χ1v) is 10.9. The van der Waals surface area contributed by atoms with Crippen molar-refractivity contribution in [1.29, 1.82) is 0 Å². The topological polar surface area (TPSA) is 35.5 Å². The molecule has 1 spiro atoms. The molecule has 1 aliphatic carbocycles. The normalized spacial score (nSPS) is 24.4. The van der Waals surface area contributed by atoms with Crippen LogP contribution in [-0.2, 0) is 0 Å². The third kappa shape index (κ3) is 3.58. The third-order valence-electron chi connectivity index (χ3n) is 7.12. The van der Waals surface area contributed by atoms with Gasteiger partial charge in [0, 0.05) is 57.6 Å². The van der Waals surface area contributed by atoms with Gasteiger partial charge in [-0.15, -0.1) is 0 Å². The van der Waals surface area contributed by atoms with Gasteiger partial charge in [-0.2, -0.15) is 4.39 Å². The number of rotatable bonds is 3. The molecule has 7 heteroatoms. The Kier molecular flexibility index (Phi) is 4.98. The largest absolute Gasteiger partial charge is 0.367 e. The maximum Gasteiger partial charge on any atom is 0.222 e. The van der Waals surface area contributed by atoms with E-state index in [-0.39, 0.29) is 0 Å². The summed E-state index contributed by atoms with van der Waals surface area (Å²) in [7, 11) is 2.20. The molecule has 1 unspecified atom stereocenters. The van der Waals surface area contributed by atoms with E-state index < -0.39 is 11.8 Å². The molecule has 1 saturated carbocycles. The standard InChI is InChI=1S/C23H29F2N5/c1-16-9-19(22(25)27-12-16)21-20(10-17(24)13-26-21)30-7-5-29(6-8-30)18-3-4-23(11-18)14-28(2)15-23/h9-10,12-13,18H,3-8,11,14-15H2,1-2H3. The molecule has 30 heavy (non-hydrogen) atoms. The minimum atomic E-state index is -0.568. The molecular formula is C23H29F2N5. The molecule has 2 aliphatic heterocycles. The highest BCUT2D eigenvalue weighted by atomic mass is 19.1. The lowest BCUT2D eigenvalue weighted by molar-refractivity contribution is 0.0204. The summed E-state index contributed by atoms with van der Waals surface area (Å²) in [6.07, 6.45) is 6.56. The number of hydrogen-bond acceptors (Lipinski definition) is 5. The molecular weight excluding hydrogens is 384 g/mol. The SMILES string of the molecule is Cc1cnc(F)c(-c2ncc(F)cc2N2CCN(C3CCC4(C3)CN(C)C4)CC2)c1. The van der Waals surface area contributed by atoms with Gasteiger partial charge >= 0.3 is 0 Å². The van der Waals surface area contributed by atoms with Crippen LogP contribution in [0.1, 0.15) is 24.8 Å². The zero-order chi connectivity index (χ0) is 20.9. The maximum atomic E-state index is 14.4. The van der Waals surface area contributed by atoms with Gasteiger partial charge in [0.2, 0.25) is 5.95 Å². The van der Waals surface area contributed by atoms with E-state index in [1.165, 1.54) is 44.6 Å². The van der Waals surface area contributed by atoms with Crippen molar-refractivity contribution in [3.8, 4) is 11.3 Å². The number of aromatic nitrogens is 2. The molecule has 0 bridgehead atoms. The van der Waals surface area contributed by atoms with Crippen LogP contribution < -0.4 is 4.90 Å². The van der Waals surface area contributed by atoms with E-state index in [1.54, 1.807) is 6.07 Å². The maximum absolute atomic E-state index is 14.4. The van der Waals surface area contributed by atoms with Crippen LogP contribution in [0.5, 0.6) is 0 Å². The lowest BCUT2D eigenvalue weighted by Gasteiger charge is -2.47. The summed E-state index contributed by atoms with van der Waals surface area (Å²) in [4.78, 5) is 15.2. The number of hydrogen-bond donors (Lipinski definition) is 0. The van der Waals surface area contributed by atoms with Crippen molar-refractivity contribution in [3.63, 3.8) is 0 Å². The summed E-state index contributed by atoms with van der Waals surface area (Å²) in [5.74, 6) is -0.967. The molecule has 0 aromatic carbocycles. The summed E-state index contributed by atoms with van der Waals surface area (Å²) < 4.78 is 28.5. The van der Waals surface area contributed by atoms with Crippen molar-refractivity contribution in [1.82, 2.24) is 19.8 Å². The zero-order valence-electron chi connectivity index (χ0n) is 17.7. The number of pyridine rings is 2. The molecule has 4 heterocycles. The molecule has 5 nitrogen and oxygen atoms in total. The van der Waals surface area contributed by atoms with Crippen LogP contribution in [-0.4, -0.2) is 72.1 Å². The monoisotopic (exact) mass is 413 g/mol. The van der Waals surface area contributed by atoms with Crippen molar-refractivity contribution in [3.05, 3.63) is 41.9 Å². The van der Waals surface area contributed by atoms with Crippen LogP contribution in [0.3, 0.4) is 0 Å². The van der Waals surface area contributed by atoms with Crippen molar-refractivity contribution >= 4 is 5.69 Å². The van der Waals surface area contributed by atoms with E-state index >= 15 is 0 Å². The van der Waals surface area contributed by atoms with E-state index in [9.17, 15) is 8.78 Å². The molecule has 0 N–H and O–H groups in total. The van der Waals surface area contributed by atoms with Gasteiger partial charge in [-0.1, -0.05) is 0 Å². The Morgan fingerprint density at radius 3 is 2.53 bits per heavy atom. The molecule has 3 aliphatic rings. The fourth-order valence-corrected chi connectivity index (χ4v) is 5.80. The Morgan fingerprint density at radius 1 is 1.03 bits per heavy atom. The van der Waals surface area contributed by atoms with Crippen molar-refractivity contribution in [2.75, 3.05) is 51.2 Å². The van der Waals surface area contributed by atoms with Crippen LogP contribution in [0.2, 0.25) is 0 Å². The fourth-order valence-electron chi connectivity index (χ4n) is 5.80. The van der Waals surface area contributed by atoms with Gasteiger partial charge in [0.15, 0.2) is 0 Å². The first-order chi connectivity index (χ1) is 14.4. The fraction of sp³-hybridized carbons (Fsp3) is 0.565. The van der Waals surface area contributed by atoms with Crippen LogP contribution in [0.15, 0.2) is 24.5 Å². The lowest BCUT2D eigenvalue weighted by Crippen LogP contribution is -2.54. The van der Waals surface area contributed by atoms with Crippen molar-refractivity contribution in [2.24, 2.45) is 5.41 Å². The van der Waals surface area contributed by atoms with Gasteiger partial charge in [0.1, 0.15) is 5.82 Å². The van der Waals surface area contributed by atoms with Crippen LogP contribution in [0.25, 0.3) is 11.3 Å². The van der Waals surface area contributed by atoms with Gasteiger partial charge < -0.3 is 9.80 Å². The number of nitrogens with zero attached hydrogens (tertiary/aromatic N) is 5. The number of piperazine rings is 1. The number of anilines is 1. The second-order valence-corrected chi connectivity index (χ2v) is 9.46. The molecule has 0 amide bonds. The second-order valence-electron chi connectivity index (χ2n) is 9.46. The number of halogens is 2. The number of likely N-dealkylation sites (tertiary alicyclic amines) is 1. The molecule has 5 rings (SSSR count). The molecule has 160 valence electrons. The Bertz CT molecular complexity index is 935. The van der Waals surface area contributed by atoms with E-state index in [2.05, 4.69) is 31.7 Å². The Morgan fingerprint density at radius 2 is 1.80 bits per heavy atom. The van der Waals surface area contributed by atoms with E-state index in [4.69, 9.17) is 0 Å². The predicted octanol–water partition coefficient (Wildman–Crippen LogP) is 3.34. The van der Waals surface area contributed by atoms with Gasteiger partial charge in [-0.05, 0) is 50.3 Å². The summed E-state index contributed by atoms with van der Waals surface area (Å²) in [5.41, 5.74) is 2.86. The van der Waals surface area contributed by atoms with Gasteiger partial charge in [-0.3, -0.25) is 9.88 Å². The Hall–Kier alpha value is -2.12. The van der Waals surface area contributed by atoms with Crippen molar-refractivity contribution in [2.45, 2.75) is 32.2 Å². The smallest absolute Gasteiger partial charge is 0.222 e. The average molecular weight is 414 g/mol. The number of aryl methyl sites for hydroxylation is 1. The quantitative estimate of drug-likeness (QED) is 0.722. The molecule has 2 saturated heterocycles. The van der Waals surface area contributed by atoms with Crippen LogP contribution in [0, 0.1) is 24.1 Å². The van der Waals surface area contributed by atoms with E-state index in [1.807, 2.05) is 6.92 Å². The Labute approximate surface area is 176 Å². The minimum absolute atomic E-state index is 0.333. The van der Waals surface area contributed by atoms with Gasteiger partial charge in [0.25, 0.3) is 0 Å². The highest BCUT2D eigenvalue weighted by Crippen LogP contribution is 2.46. The summed E-state index contributed by atoms with van der Waals surface area (Å²) in [5, 5.41) is 0. The Balaban J connectivity index is 1.32. The summed E-state index contributed by atoms with van der Waals surface area (Å²) >= 11 is 0. The molecule has 2 aromatic heterocycles. The van der Waals surface area contributed by atoms with Crippen LogP contribution >= 0.6 is 0 Å². The molecule has 0 radical (unpaired) electrons. The first kappa shape index (κ1) is 19.8. The lowest BCUT2D eigenvalue weighted by atomic mass is 9.78. The minimum Gasteiger partial charge on any atom is -0.367 e. The molecule has 1 atom stereocenters. The average Bonchev–Trinajstić information content (AvgIpc) is 3.15. The van der Waals surface area contributed by atoms with Crippen LogP contribution in [0.4, 0.5) is 14.5 Å². The highest BCUT2D eigenvalue weighted by molar-refractivity contribution is 5.75. The van der Waals surface area contributed by atoms with E-state index in [0.717, 1.165) is 37.9 Å². The van der Waals surface area contributed by atoms with E-state index in [0.29, 0.717) is 28.4 Å².